The highest BCUT2D eigenvalue weighted by Crippen LogP contribution is 2.35. The second-order valence-electron chi connectivity index (χ2n) is 5.71. The molecule has 1 saturated heterocycles. The third kappa shape index (κ3) is 2.80. The SMILES string of the molecule is CC(=O)C1C(=O)C(c2ccccc2)N(Cc2ccccc2)C1=O. The molecule has 2 aromatic rings. The van der Waals surface area contributed by atoms with Gasteiger partial charge in [-0.15, -0.1) is 0 Å². The number of rotatable bonds is 4. The molecule has 0 N–H and O–H groups in total. The van der Waals surface area contributed by atoms with Crippen molar-refractivity contribution in [1.29, 1.82) is 0 Å². The number of carbonyl (C=O) groups is 3. The van der Waals surface area contributed by atoms with Gasteiger partial charge in [-0.05, 0) is 18.1 Å². The number of hydrogen-bond acceptors (Lipinski definition) is 3. The quantitative estimate of drug-likeness (QED) is 0.816. The smallest absolute Gasteiger partial charge is 0.241 e. The van der Waals surface area contributed by atoms with Gasteiger partial charge >= 0.3 is 0 Å². The molecule has 2 atom stereocenters. The van der Waals surface area contributed by atoms with Crippen molar-refractivity contribution in [3.8, 4) is 0 Å². The van der Waals surface area contributed by atoms with Gasteiger partial charge in [0.1, 0.15) is 11.8 Å². The number of likely N-dealkylation sites (tertiary alicyclic amines) is 1. The first-order valence-corrected chi connectivity index (χ1v) is 7.53. The van der Waals surface area contributed by atoms with Gasteiger partial charge in [-0.1, -0.05) is 60.7 Å². The lowest BCUT2D eigenvalue weighted by atomic mass is 9.95. The van der Waals surface area contributed by atoms with Crippen LogP contribution in [0.5, 0.6) is 0 Å². The van der Waals surface area contributed by atoms with Gasteiger partial charge in [0.2, 0.25) is 5.91 Å². The highest BCUT2D eigenvalue weighted by atomic mass is 16.2. The molecule has 1 heterocycles. The van der Waals surface area contributed by atoms with Gasteiger partial charge in [-0.3, -0.25) is 14.4 Å². The maximum absolute atomic E-state index is 12.7. The summed E-state index contributed by atoms with van der Waals surface area (Å²) in [6.45, 7) is 1.61. The summed E-state index contributed by atoms with van der Waals surface area (Å²) >= 11 is 0. The van der Waals surface area contributed by atoms with E-state index < -0.39 is 23.7 Å². The summed E-state index contributed by atoms with van der Waals surface area (Å²) in [5, 5.41) is 0. The van der Waals surface area contributed by atoms with Crippen molar-refractivity contribution in [2.75, 3.05) is 0 Å². The Morgan fingerprint density at radius 2 is 1.52 bits per heavy atom. The van der Waals surface area contributed by atoms with Crippen molar-refractivity contribution < 1.29 is 14.4 Å². The van der Waals surface area contributed by atoms with Crippen LogP contribution in [0.25, 0.3) is 0 Å². The molecule has 4 nitrogen and oxygen atoms in total. The van der Waals surface area contributed by atoms with Crippen LogP contribution in [0.3, 0.4) is 0 Å². The summed E-state index contributed by atoms with van der Waals surface area (Å²) in [7, 11) is 0. The van der Waals surface area contributed by atoms with Crippen LogP contribution in [-0.2, 0) is 20.9 Å². The minimum absolute atomic E-state index is 0.314. The molecule has 0 spiro atoms. The molecule has 116 valence electrons. The maximum atomic E-state index is 12.7. The first-order valence-electron chi connectivity index (χ1n) is 7.53. The normalized spacial score (nSPS) is 20.8. The van der Waals surface area contributed by atoms with Gasteiger partial charge in [0.25, 0.3) is 0 Å². The minimum Gasteiger partial charge on any atom is -0.323 e. The average molecular weight is 307 g/mol. The molecule has 1 fully saturated rings. The summed E-state index contributed by atoms with van der Waals surface area (Å²) in [4.78, 5) is 38.6. The lowest BCUT2D eigenvalue weighted by Gasteiger charge is -2.24. The number of hydrogen-bond donors (Lipinski definition) is 0. The Bertz CT molecular complexity index is 740. The van der Waals surface area contributed by atoms with E-state index in [4.69, 9.17) is 0 Å². The zero-order valence-corrected chi connectivity index (χ0v) is 12.8. The van der Waals surface area contributed by atoms with Gasteiger partial charge in [0, 0.05) is 6.54 Å². The second kappa shape index (κ2) is 6.16. The van der Waals surface area contributed by atoms with Crippen LogP contribution < -0.4 is 0 Å². The topological polar surface area (TPSA) is 54.5 Å². The fraction of sp³-hybridized carbons (Fsp3) is 0.211. The molecule has 3 rings (SSSR count). The fourth-order valence-corrected chi connectivity index (χ4v) is 3.03. The number of benzene rings is 2. The van der Waals surface area contributed by atoms with Gasteiger partial charge in [-0.2, -0.15) is 0 Å². The van der Waals surface area contributed by atoms with Crippen molar-refractivity contribution >= 4 is 17.5 Å². The van der Waals surface area contributed by atoms with E-state index in [1.165, 1.54) is 11.8 Å². The Hall–Kier alpha value is -2.75. The molecule has 4 heteroatoms. The van der Waals surface area contributed by atoms with Crippen molar-refractivity contribution in [2.24, 2.45) is 5.92 Å². The molecule has 0 aromatic heterocycles. The monoisotopic (exact) mass is 307 g/mol. The summed E-state index contributed by atoms with van der Waals surface area (Å²) in [6, 6.07) is 17.9. The molecule has 0 radical (unpaired) electrons. The molecule has 1 aliphatic rings. The van der Waals surface area contributed by atoms with Crippen molar-refractivity contribution in [3.05, 3.63) is 71.8 Å². The van der Waals surface area contributed by atoms with Crippen LogP contribution in [-0.4, -0.2) is 22.4 Å². The van der Waals surface area contributed by atoms with Crippen LogP contribution in [0.2, 0.25) is 0 Å². The van der Waals surface area contributed by atoms with Crippen molar-refractivity contribution in [1.82, 2.24) is 4.90 Å². The standard InChI is InChI=1S/C19H17NO3/c1-13(21)16-18(22)17(15-10-6-3-7-11-15)20(19(16)23)12-14-8-4-2-5-9-14/h2-11,16-17H,12H2,1H3. The predicted molar refractivity (Wildman–Crippen MR) is 85.4 cm³/mol. The van der Waals surface area contributed by atoms with Gasteiger partial charge < -0.3 is 4.90 Å². The second-order valence-corrected chi connectivity index (χ2v) is 5.71. The van der Waals surface area contributed by atoms with Crippen LogP contribution in [0.4, 0.5) is 0 Å². The molecule has 2 unspecified atom stereocenters. The molecular formula is C19H17NO3. The van der Waals surface area contributed by atoms with Crippen LogP contribution >= 0.6 is 0 Å². The average Bonchev–Trinajstić information content (AvgIpc) is 2.80. The summed E-state index contributed by atoms with van der Waals surface area (Å²) in [5.41, 5.74) is 1.67. The van der Waals surface area contributed by atoms with E-state index in [1.807, 2.05) is 60.7 Å². The molecule has 23 heavy (non-hydrogen) atoms. The van der Waals surface area contributed by atoms with Gasteiger partial charge in [0.15, 0.2) is 11.7 Å². The van der Waals surface area contributed by atoms with E-state index in [2.05, 4.69) is 0 Å². The first-order chi connectivity index (χ1) is 11.1. The van der Waals surface area contributed by atoms with E-state index in [9.17, 15) is 14.4 Å². The lowest BCUT2D eigenvalue weighted by molar-refractivity contribution is -0.138. The maximum Gasteiger partial charge on any atom is 0.241 e. The Balaban J connectivity index is 2.00. The highest BCUT2D eigenvalue weighted by Gasteiger charge is 2.49. The molecule has 0 saturated carbocycles. The third-order valence-electron chi connectivity index (χ3n) is 4.11. The van der Waals surface area contributed by atoms with E-state index in [-0.39, 0.29) is 5.78 Å². The molecule has 1 aliphatic heterocycles. The largest absolute Gasteiger partial charge is 0.323 e. The Morgan fingerprint density at radius 3 is 2.09 bits per heavy atom. The predicted octanol–water partition coefficient (Wildman–Crippen LogP) is 2.54. The lowest BCUT2D eigenvalue weighted by Crippen LogP contribution is -2.30. The van der Waals surface area contributed by atoms with E-state index in [0.29, 0.717) is 6.54 Å². The first kappa shape index (κ1) is 15.2. The van der Waals surface area contributed by atoms with Crippen molar-refractivity contribution in [2.45, 2.75) is 19.5 Å². The zero-order chi connectivity index (χ0) is 16.4. The summed E-state index contributed by atoms with van der Waals surface area (Å²) in [5.74, 6) is -2.30. The third-order valence-corrected chi connectivity index (χ3v) is 4.11. The van der Waals surface area contributed by atoms with E-state index in [0.717, 1.165) is 11.1 Å². The molecule has 1 amide bonds. The highest BCUT2D eigenvalue weighted by molar-refractivity contribution is 6.23. The molecule has 0 bridgehead atoms. The molecule has 2 aromatic carbocycles. The summed E-state index contributed by atoms with van der Waals surface area (Å²) in [6.07, 6.45) is 0. The molecule has 0 aliphatic carbocycles. The number of carbonyl (C=O) groups excluding carboxylic acids is 3. The van der Waals surface area contributed by atoms with Gasteiger partial charge in [0.05, 0.1) is 0 Å². The molecular weight excluding hydrogens is 290 g/mol. The number of Topliss-reactive ketones (excluding diaryl/α,β-unsaturated/α-hetero) is 2. The zero-order valence-electron chi connectivity index (χ0n) is 12.8. The van der Waals surface area contributed by atoms with E-state index >= 15 is 0 Å². The van der Waals surface area contributed by atoms with Gasteiger partial charge in [-0.25, -0.2) is 0 Å². The van der Waals surface area contributed by atoms with Crippen LogP contribution in [0.15, 0.2) is 60.7 Å². The fourth-order valence-electron chi connectivity index (χ4n) is 3.03. The summed E-state index contributed by atoms with van der Waals surface area (Å²) < 4.78 is 0. The Labute approximate surface area is 134 Å². The number of amides is 1. The Morgan fingerprint density at radius 1 is 0.957 bits per heavy atom. The number of ketones is 2. The van der Waals surface area contributed by atoms with Crippen LogP contribution in [0.1, 0.15) is 24.1 Å². The number of nitrogens with zero attached hydrogens (tertiary/aromatic N) is 1. The Kier molecular flexibility index (Phi) is 4.06. The van der Waals surface area contributed by atoms with E-state index in [1.54, 1.807) is 0 Å². The minimum atomic E-state index is -1.18. The van der Waals surface area contributed by atoms with Crippen LogP contribution in [0, 0.1) is 5.92 Å². The van der Waals surface area contributed by atoms with Crippen molar-refractivity contribution in [3.63, 3.8) is 0 Å².